The third kappa shape index (κ3) is 3.67. The Bertz CT molecular complexity index is 743. The van der Waals surface area contributed by atoms with Gasteiger partial charge in [0.05, 0.1) is 12.5 Å². The van der Waals surface area contributed by atoms with E-state index < -0.39 is 0 Å². The Labute approximate surface area is 155 Å². The van der Waals surface area contributed by atoms with E-state index in [-0.39, 0.29) is 0 Å². The highest BCUT2D eigenvalue weighted by molar-refractivity contribution is 5.77. The van der Waals surface area contributed by atoms with Crippen LogP contribution in [-0.2, 0) is 11.3 Å². The maximum Gasteiger partial charge on any atom is 0.222 e. The number of aromatic nitrogens is 3. The zero-order valence-electron chi connectivity index (χ0n) is 15.6. The first-order valence-electron chi connectivity index (χ1n) is 9.89. The molecule has 1 saturated carbocycles. The number of imidazole rings is 1. The van der Waals surface area contributed by atoms with Crippen LogP contribution < -0.4 is 0 Å². The van der Waals surface area contributed by atoms with Crippen LogP contribution in [0.4, 0.5) is 0 Å². The van der Waals surface area contributed by atoms with Crippen LogP contribution in [0.1, 0.15) is 61.5 Å². The Hall–Kier alpha value is -2.17. The van der Waals surface area contributed by atoms with E-state index >= 15 is 0 Å². The molecular formula is C21H28N4O. The van der Waals surface area contributed by atoms with Crippen molar-refractivity contribution in [3.63, 3.8) is 0 Å². The number of carbonyl (C=O) groups is 1. The minimum Gasteiger partial charge on any atom is -0.341 e. The van der Waals surface area contributed by atoms with Gasteiger partial charge < -0.3 is 9.47 Å². The molecule has 0 atom stereocenters. The average Bonchev–Trinajstić information content (AvgIpc) is 3.25. The molecule has 2 aliphatic rings. The molecule has 2 aromatic heterocycles. The molecule has 26 heavy (non-hydrogen) atoms. The van der Waals surface area contributed by atoms with Gasteiger partial charge in [-0.05, 0) is 30.9 Å². The lowest BCUT2D eigenvalue weighted by Crippen LogP contribution is -2.49. The number of aryl methyl sites for hydroxylation is 1. The van der Waals surface area contributed by atoms with Crippen molar-refractivity contribution in [1.29, 1.82) is 0 Å². The number of hydrogen-bond acceptors (Lipinski definition) is 3. The van der Waals surface area contributed by atoms with Gasteiger partial charge >= 0.3 is 0 Å². The molecule has 5 nitrogen and oxygen atoms in total. The Balaban J connectivity index is 1.33. The van der Waals surface area contributed by atoms with Gasteiger partial charge in [-0.25, -0.2) is 4.98 Å². The minimum atomic E-state index is 0.329. The lowest BCUT2D eigenvalue weighted by Gasteiger charge is -2.39. The van der Waals surface area contributed by atoms with Gasteiger partial charge in [0.1, 0.15) is 5.82 Å². The molecular weight excluding hydrogens is 324 g/mol. The Morgan fingerprint density at radius 2 is 2.04 bits per heavy atom. The second-order valence-corrected chi connectivity index (χ2v) is 7.89. The maximum absolute atomic E-state index is 12.4. The van der Waals surface area contributed by atoms with E-state index in [9.17, 15) is 4.79 Å². The van der Waals surface area contributed by atoms with Gasteiger partial charge in [0, 0.05) is 43.8 Å². The van der Waals surface area contributed by atoms with E-state index in [0.717, 1.165) is 49.9 Å². The molecule has 1 amide bonds. The molecule has 2 fully saturated rings. The van der Waals surface area contributed by atoms with Crippen molar-refractivity contribution < 1.29 is 4.79 Å². The highest BCUT2D eigenvalue weighted by atomic mass is 16.2. The summed E-state index contributed by atoms with van der Waals surface area (Å²) in [6.07, 6.45) is 12.8. The smallest absolute Gasteiger partial charge is 0.222 e. The fourth-order valence-corrected chi connectivity index (χ4v) is 4.32. The first-order chi connectivity index (χ1) is 12.7. The number of carbonyl (C=O) groups excluding carboxylic acids is 1. The van der Waals surface area contributed by atoms with Crippen molar-refractivity contribution in [2.45, 2.75) is 57.9 Å². The minimum absolute atomic E-state index is 0.329. The number of hydrogen-bond donors (Lipinski definition) is 0. The van der Waals surface area contributed by atoms with Gasteiger partial charge in [0.25, 0.3) is 0 Å². The molecule has 1 aliphatic carbocycles. The third-order valence-corrected chi connectivity index (χ3v) is 5.99. The number of pyridine rings is 1. The molecule has 0 spiro atoms. The summed E-state index contributed by atoms with van der Waals surface area (Å²) in [6, 6.07) is 4.06. The fourth-order valence-electron chi connectivity index (χ4n) is 4.32. The molecule has 0 bridgehead atoms. The quantitative estimate of drug-likeness (QED) is 0.799. The summed E-state index contributed by atoms with van der Waals surface area (Å²) in [5.74, 6) is 2.58. The van der Waals surface area contributed by atoms with Crippen molar-refractivity contribution in [3.8, 4) is 0 Å². The van der Waals surface area contributed by atoms with Crippen LogP contribution in [0.2, 0.25) is 0 Å². The summed E-state index contributed by atoms with van der Waals surface area (Å²) in [5.41, 5.74) is 2.34. The standard InChI is InChI=1S/C21H28N4O/c1-16-11-23-21(25(16)13-18-7-4-10-22-12-18)19-14-24(15-19)20(26)9-8-17-5-2-3-6-17/h4,7,10-12,17,19H,2-3,5-6,8-9,13-15H2,1H3. The van der Waals surface area contributed by atoms with Gasteiger partial charge in [-0.1, -0.05) is 31.7 Å². The molecule has 138 valence electrons. The Morgan fingerprint density at radius 1 is 1.23 bits per heavy atom. The summed E-state index contributed by atoms with van der Waals surface area (Å²) >= 11 is 0. The van der Waals surface area contributed by atoms with E-state index in [1.54, 1.807) is 6.20 Å². The number of nitrogens with zero attached hydrogens (tertiary/aromatic N) is 4. The molecule has 2 aromatic rings. The maximum atomic E-state index is 12.4. The molecule has 1 saturated heterocycles. The van der Waals surface area contributed by atoms with Gasteiger partial charge in [-0.3, -0.25) is 9.78 Å². The van der Waals surface area contributed by atoms with Crippen LogP contribution in [0.5, 0.6) is 0 Å². The summed E-state index contributed by atoms with van der Waals surface area (Å²) in [4.78, 5) is 23.3. The fraction of sp³-hybridized carbons (Fsp3) is 0.571. The third-order valence-electron chi connectivity index (χ3n) is 5.99. The van der Waals surface area contributed by atoms with Gasteiger partial charge in [-0.2, -0.15) is 0 Å². The van der Waals surface area contributed by atoms with E-state index in [2.05, 4.69) is 27.5 Å². The summed E-state index contributed by atoms with van der Waals surface area (Å²) < 4.78 is 2.27. The first kappa shape index (κ1) is 17.3. The topological polar surface area (TPSA) is 51.0 Å². The lowest BCUT2D eigenvalue weighted by molar-refractivity contribution is -0.136. The van der Waals surface area contributed by atoms with Crippen LogP contribution in [0.25, 0.3) is 0 Å². The molecule has 5 heteroatoms. The van der Waals surface area contributed by atoms with Crippen molar-refractivity contribution in [2.24, 2.45) is 5.92 Å². The highest BCUT2D eigenvalue weighted by Crippen LogP contribution is 2.31. The van der Waals surface area contributed by atoms with Gasteiger partial charge in [0.15, 0.2) is 0 Å². The van der Waals surface area contributed by atoms with Crippen LogP contribution in [0.3, 0.4) is 0 Å². The normalized spacial score (nSPS) is 18.3. The predicted octanol–water partition coefficient (Wildman–Crippen LogP) is 3.53. The second-order valence-electron chi connectivity index (χ2n) is 7.89. The molecule has 0 unspecified atom stereocenters. The zero-order valence-corrected chi connectivity index (χ0v) is 15.6. The SMILES string of the molecule is Cc1cnc(C2CN(C(=O)CCC3CCCC3)C2)n1Cc1cccnc1. The Morgan fingerprint density at radius 3 is 2.77 bits per heavy atom. The highest BCUT2D eigenvalue weighted by Gasteiger charge is 2.34. The lowest BCUT2D eigenvalue weighted by atomic mass is 9.96. The largest absolute Gasteiger partial charge is 0.341 e. The van der Waals surface area contributed by atoms with Crippen LogP contribution in [-0.4, -0.2) is 38.4 Å². The molecule has 1 aliphatic heterocycles. The molecule has 0 radical (unpaired) electrons. The van der Waals surface area contributed by atoms with Gasteiger partial charge in [0.2, 0.25) is 5.91 Å². The van der Waals surface area contributed by atoms with E-state index in [4.69, 9.17) is 0 Å². The molecule has 0 N–H and O–H groups in total. The molecule has 4 rings (SSSR count). The molecule has 0 aromatic carbocycles. The average molecular weight is 352 g/mol. The summed E-state index contributed by atoms with van der Waals surface area (Å²) in [5, 5.41) is 0. The van der Waals surface area contributed by atoms with Crippen molar-refractivity contribution >= 4 is 5.91 Å². The van der Waals surface area contributed by atoms with E-state index in [0.29, 0.717) is 11.8 Å². The number of rotatable bonds is 6. The second kappa shape index (κ2) is 7.60. The van der Waals surface area contributed by atoms with Crippen molar-refractivity contribution in [1.82, 2.24) is 19.4 Å². The monoisotopic (exact) mass is 352 g/mol. The number of likely N-dealkylation sites (tertiary alicyclic amines) is 1. The predicted molar refractivity (Wildman–Crippen MR) is 101 cm³/mol. The zero-order chi connectivity index (χ0) is 17.9. The van der Waals surface area contributed by atoms with Crippen LogP contribution >= 0.6 is 0 Å². The molecule has 3 heterocycles. The van der Waals surface area contributed by atoms with E-state index in [1.807, 2.05) is 23.4 Å². The number of amides is 1. The summed E-state index contributed by atoms with van der Waals surface area (Å²) in [7, 11) is 0. The first-order valence-corrected chi connectivity index (χ1v) is 9.89. The summed E-state index contributed by atoms with van der Waals surface area (Å²) in [6.45, 7) is 4.51. The van der Waals surface area contributed by atoms with Gasteiger partial charge in [-0.15, -0.1) is 0 Å². The Kier molecular flexibility index (Phi) is 5.05. The van der Waals surface area contributed by atoms with Crippen LogP contribution in [0, 0.1) is 12.8 Å². The van der Waals surface area contributed by atoms with Crippen molar-refractivity contribution in [2.75, 3.05) is 13.1 Å². The van der Waals surface area contributed by atoms with Crippen LogP contribution in [0.15, 0.2) is 30.7 Å². The van der Waals surface area contributed by atoms with E-state index in [1.165, 1.54) is 31.2 Å². The van der Waals surface area contributed by atoms with Crippen molar-refractivity contribution in [3.05, 3.63) is 47.8 Å².